The van der Waals surface area contributed by atoms with Crippen LogP contribution in [0.5, 0.6) is 0 Å². The Balaban J connectivity index is 1.60. The van der Waals surface area contributed by atoms with Crippen LogP contribution in [0, 0.1) is 6.92 Å². The first-order valence-electron chi connectivity index (χ1n) is 9.24. The van der Waals surface area contributed by atoms with Crippen LogP contribution in [0.25, 0.3) is 11.4 Å². The Morgan fingerprint density at radius 2 is 1.68 bits per heavy atom. The summed E-state index contributed by atoms with van der Waals surface area (Å²) in [7, 11) is 0. The molecule has 0 saturated heterocycles. The van der Waals surface area contributed by atoms with E-state index >= 15 is 0 Å². The number of pyridine rings is 2. The van der Waals surface area contributed by atoms with Crippen molar-refractivity contribution in [1.82, 2.24) is 20.0 Å². The van der Waals surface area contributed by atoms with E-state index in [0.29, 0.717) is 12.8 Å². The second-order valence-corrected chi connectivity index (χ2v) is 6.55. The number of aromatic nitrogens is 2. The molecular formula is C21H22N4O3. The number of hydrogen-bond acceptors (Lipinski definition) is 5. The molecule has 0 bridgehead atoms. The Morgan fingerprint density at radius 1 is 1.04 bits per heavy atom. The number of carbonyl (C=O) groups excluding carboxylic acids is 3. The smallest absolute Gasteiger partial charge is 0.272 e. The van der Waals surface area contributed by atoms with Crippen LogP contribution in [0.3, 0.4) is 0 Å². The number of imide groups is 1. The van der Waals surface area contributed by atoms with E-state index in [2.05, 4.69) is 9.97 Å². The van der Waals surface area contributed by atoms with Crippen molar-refractivity contribution in [2.75, 3.05) is 6.54 Å². The van der Waals surface area contributed by atoms with Gasteiger partial charge in [-0.05, 0) is 62.1 Å². The summed E-state index contributed by atoms with van der Waals surface area (Å²) in [5.74, 6) is -1.21. The summed E-state index contributed by atoms with van der Waals surface area (Å²) in [6.45, 7) is 4.00. The number of amides is 3. The van der Waals surface area contributed by atoms with Crippen molar-refractivity contribution in [2.24, 2.45) is 0 Å². The summed E-state index contributed by atoms with van der Waals surface area (Å²) >= 11 is 0. The molecule has 7 nitrogen and oxygen atoms in total. The summed E-state index contributed by atoms with van der Waals surface area (Å²) in [5, 5.41) is 2.11. The Kier molecular flexibility index (Phi) is 5.93. The third-order valence-corrected chi connectivity index (χ3v) is 4.47. The molecular weight excluding hydrogens is 356 g/mol. The average Bonchev–Trinajstić information content (AvgIpc) is 3.02. The van der Waals surface area contributed by atoms with Crippen LogP contribution in [0.4, 0.5) is 0 Å². The second-order valence-electron chi connectivity index (χ2n) is 6.55. The van der Waals surface area contributed by atoms with Crippen LogP contribution >= 0.6 is 0 Å². The Labute approximate surface area is 163 Å². The average molecular weight is 378 g/mol. The third kappa shape index (κ3) is 4.31. The van der Waals surface area contributed by atoms with Gasteiger partial charge in [-0.3, -0.25) is 24.4 Å². The molecule has 3 amide bonds. The third-order valence-electron chi connectivity index (χ3n) is 4.47. The largest absolute Gasteiger partial charge is 0.273 e. The predicted octanol–water partition coefficient (Wildman–Crippen LogP) is 2.46. The number of hydrazine groups is 1. The maximum absolute atomic E-state index is 12.5. The van der Waals surface area contributed by atoms with Crippen molar-refractivity contribution in [3.63, 3.8) is 0 Å². The molecule has 0 radical (unpaired) electrons. The molecule has 0 spiro atoms. The molecule has 0 N–H and O–H groups in total. The van der Waals surface area contributed by atoms with Crippen LogP contribution in [-0.4, -0.2) is 44.3 Å². The number of aryl methyl sites for hydroxylation is 2. The normalized spacial score (nSPS) is 13.3. The van der Waals surface area contributed by atoms with Gasteiger partial charge in [0.2, 0.25) is 5.91 Å². The standard InChI is InChI=1S/C21H22N4O3/c1-3-24(25-20(27)7-8-21(25)28)19(26)6-4-5-16-10-12-23-18(14-16)17-13-15(2)9-11-22-17/h7-14H,3-6H2,1-2H3. The lowest BCUT2D eigenvalue weighted by atomic mass is 10.1. The van der Waals surface area contributed by atoms with Crippen molar-refractivity contribution in [3.8, 4) is 11.4 Å². The van der Waals surface area contributed by atoms with Gasteiger partial charge in [0, 0.05) is 37.5 Å². The topological polar surface area (TPSA) is 83.5 Å². The molecule has 1 aliphatic rings. The van der Waals surface area contributed by atoms with Gasteiger partial charge in [-0.25, -0.2) is 5.01 Å². The zero-order chi connectivity index (χ0) is 20.1. The van der Waals surface area contributed by atoms with Gasteiger partial charge in [-0.2, -0.15) is 5.01 Å². The lowest BCUT2D eigenvalue weighted by Crippen LogP contribution is -2.49. The molecule has 3 rings (SSSR count). The Morgan fingerprint density at radius 3 is 2.32 bits per heavy atom. The molecule has 3 heterocycles. The zero-order valence-electron chi connectivity index (χ0n) is 16.0. The van der Waals surface area contributed by atoms with Gasteiger partial charge < -0.3 is 0 Å². The summed E-state index contributed by atoms with van der Waals surface area (Å²) in [6.07, 6.45) is 7.38. The molecule has 144 valence electrons. The van der Waals surface area contributed by atoms with Crippen LogP contribution in [0.15, 0.2) is 48.8 Å². The van der Waals surface area contributed by atoms with E-state index in [1.807, 2.05) is 31.2 Å². The summed E-state index contributed by atoms with van der Waals surface area (Å²) in [6, 6.07) is 7.80. The van der Waals surface area contributed by atoms with Crippen molar-refractivity contribution in [2.45, 2.75) is 33.1 Å². The predicted molar refractivity (Wildman–Crippen MR) is 104 cm³/mol. The van der Waals surface area contributed by atoms with Gasteiger partial charge in [0.15, 0.2) is 0 Å². The fraction of sp³-hybridized carbons (Fsp3) is 0.286. The molecule has 2 aromatic heterocycles. The number of hydrogen-bond donors (Lipinski definition) is 0. The van der Waals surface area contributed by atoms with E-state index in [1.54, 1.807) is 19.3 Å². The van der Waals surface area contributed by atoms with Crippen molar-refractivity contribution < 1.29 is 14.4 Å². The number of carbonyl (C=O) groups is 3. The van der Waals surface area contributed by atoms with Crippen molar-refractivity contribution in [3.05, 3.63) is 59.9 Å². The van der Waals surface area contributed by atoms with E-state index in [1.165, 1.54) is 17.2 Å². The molecule has 0 aliphatic carbocycles. The van der Waals surface area contributed by atoms with E-state index in [0.717, 1.165) is 27.5 Å². The highest BCUT2D eigenvalue weighted by atomic mass is 16.2. The minimum atomic E-state index is -0.482. The lowest BCUT2D eigenvalue weighted by molar-refractivity contribution is -0.166. The summed E-state index contributed by atoms with van der Waals surface area (Å²) in [4.78, 5) is 44.8. The zero-order valence-corrected chi connectivity index (χ0v) is 16.0. The quantitative estimate of drug-likeness (QED) is 0.691. The highest BCUT2D eigenvalue weighted by Gasteiger charge is 2.31. The Bertz CT molecular complexity index is 921. The van der Waals surface area contributed by atoms with Gasteiger partial charge in [-0.15, -0.1) is 0 Å². The lowest BCUT2D eigenvalue weighted by Gasteiger charge is -2.28. The van der Waals surface area contributed by atoms with Crippen LogP contribution in [0.1, 0.15) is 30.9 Å². The molecule has 2 aromatic rings. The highest BCUT2D eigenvalue weighted by molar-refractivity contribution is 6.13. The summed E-state index contributed by atoms with van der Waals surface area (Å²) in [5.41, 5.74) is 3.78. The maximum atomic E-state index is 12.5. The van der Waals surface area contributed by atoms with Crippen LogP contribution in [0.2, 0.25) is 0 Å². The fourth-order valence-corrected chi connectivity index (χ4v) is 3.08. The van der Waals surface area contributed by atoms with Gasteiger partial charge in [0.1, 0.15) is 0 Å². The van der Waals surface area contributed by atoms with E-state index in [-0.39, 0.29) is 18.9 Å². The fourth-order valence-electron chi connectivity index (χ4n) is 3.08. The molecule has 0 fully saturated rings. The molecule has 0 unspecified atom stereocenters. The molecule has 0 atom stereocenters. The van der Waals surface area contributed by atoms with E-state index in [9.17, 15) is 14.4 Å². The first-order chi connectivity index (χ1) is 13.5. The monoisotopic (exact) mass is 378 g/mol. The van der Waals surface area contributed by atoms with Crippen LogP contribution < -0.4 is 0 Å². The Hall–Kier alpha value is -3.35. The van der Waals surface area contributed by atoms with Crippen LogP contribution in [-0.2, 0) is 20.8 Å². The van der Waals surface area contributed by atoms with E-state index < -0.39 is 11.8 Å². The van der Waals surface area contributed by atoms with Gasteiger partial charge in [-0.1, -0.05) is 0 Å². The molecule has 7 heteroatoms. The van der Waals surface area contributed by atoms with Gasteiger partial charge in [0.25, 0.3) is 11.8 Å². The van der Waals surface area contributed by atoms with Gasteiger partial charge in [0.05, 0.1) is 11.4 Å². The molecule has 28 heavy (non-hydrogen) atoms. The van der Waals surface area contributed by atoms with Crippen molar-refractivity contribution >= 4 is 17.7 Å². The minimum Gasteiger partial charge on any atom is -0.273 e. The molecule has 0 aromatic carbocycles. The van der Waals surface area contributed by atoms with Gasteiger partial charge >= 0.3 is 0 Å². The first-order valence-corrected chi connectivity index (χ1v) is 9.24. The molecule has 1 aliphatic heterocycles. The van der Waals surface area contributed by atoms with E-state index in [4.69, 9.17) is 0 Å². The minimum absolute atomic E-state index is 0.241. The number of rotatable bonds is 7. The maximum Gasteiger partial charge on any atom is 0.272 e. The first kappa shape index (κ1) is 19.4. The second kappa shape index (κ2) is 8.56. The SMILES string of the molecule is CCN(C(=O)CCCc1ccnc(-c2cc(C)ccn2)c1)N1C(=O)C=CC1=O. The molecule has 0 saturated carbocycles. The van der Waals surface area contributed by atoms with Crippen molar-refractivity contribution in [1.29, 1.82) is 0 Å². The summed E-state index contributed by atoms with van der Waals surface area (Å²) < 4.78 is 0. The highest BCUT2D eigenvalue weighted by Crippen LogP contribution is 2.18. The number of nitrogens with zero attached hydrogens (tertiary/aromatic N) is 4.